The fourth-order valence-electron chi connectivity index (χ4n) is 0.561. The van der Waals surface area contributed by atoms with Crippen LogP contribution in [0, 0.1) is 5.41 Å². The van der Waals surface area contributed by atoms with Crippen LogP contribution in [-0.4, -0.2) is 30.4 Å². The SMILES string of the molecule is [13CH3]N1[13CH2][13C](=O)N[13C]1=N. The number of nitrogens with zero attached hydrogens (tertiary/aromatic N) is 1. The van der Waals surface area contributed by atoms with E-state index in [1.54, 1.807) is 11.9 Å². The lowest BCUT2D eigenvalue weighted by atomic mass is 11.5. The summed E-state index contributed by atoms with van der Waals surface area (Å²) < 4.78 is 0. The lowest BCUT2D eigenvalue weighted by Crippen LogP contribution is -2.25. The van der Waals surface area contributed by atoms with Gasteiger partial charge in [0.05, 0.1) is 6.54 Å². The van der Waals surface area contributed by atoms with Crippen LogP contribution in [0.4, 0.5) is 0 Å². The van der Waals surface area contributed by atoms with Crippen molar-refractivity contribution in [3.63, 3.8) is 0 Å². The first-order valence-corrected chi connectivity index (χ1v) is 2.29. The molecule has 1 saturated heterocycles. The van der Waals surface area contributed by atoms with Gasteiger partial charge in [0.2, 0.25) is 5.91 Å². The van der Waals surface area contributed by atoms with Crippen LogP contribution < -0.4 is 5.32 Å². The molecule has 4 nitrogen and oxygen atoms in total. The van der Waals surface area contributed by atoms with Crippen molar-refractivity contribution in [2.24, 2.45) is 0 Å². The zero-order valence-electron chi connectivity index (χ0n) is 4.56. The minimum Gasteiger partial charge on any atom is -0.337 e. The van der Waals surface area contributed by atoms with Crippen molar-refractivity contribution in [2.45, 2.75) is 0 Å². The van der Waals surface area contributed by atoms with Gasteiger partial charge in [-0.25, -0.2) is 0 Å². The second kappa shape index (κ2) is 1.47. The van der Waals surface area contributed by atoms with Crippen LogP contribution in [-0.2, 0) is 4.79 Å². The molecule has 44 valence electrons. The van der Waals surface area contributed by atoms with Gasteiger partial charge in [-0.15, -0.1) is 0 Å². The molecule has 0 radical (unpaired) electrons. The van der Waals surface area contributed by atoms with Crippen LogP contribution in [0.15, 0.2) is 0 Å². The first-order valence-electron chi connectivity index (χ1n) is 2.29. The summed E-state index contributed by atoms with van der Waals surface area (Å²) in [5, 5.41) is 9.32. The Kier molecular flexibility index (Phi) is 0.932. The molecule has 0 aromatic rings. The van der Waals surface area contributed by atoms with E-state index in [2.05, 4.69) is 5.32 Å². The van der Waals surface area contributed by atoms with E-state index >= 15 is 0 Å². The van der Waals surface area contributed by atoms with Gasteiger partial charge < -0.3 is 4.90 Å². The molecule has 4 heteroatoms. The summed E-state index contributed by atoms with van der Waals surface area (Å²) in [6, 6.07) is 0. The molecular formula is C4H7N3O. The van der Waals surface area contributed by atoms with Gasteiger partial charge in [0.1, 0.15) is 0 Å². The molecule has 1 rings (SSSR count). The van der Waals surface area contributed by atoms with E-state index in [1.165, 1.54) is 0 Å². The number of guanidine groups is 1. The molecule has 2 N–H and O–H groups in total. The Balaban J connectivity index is 2.64. The second-order valence-corrected chi connectivity index (χ2v) is 1.75. The molecule has 0 unspecified atom stereocenters. The minimum atomic E-state index is -0.0995. The third-order valence-electron chi connectivity index (χ3n) is 1.02. The Bertz CT molecular complexity index is 142. The van der Waals surface area contributed by atoms with Gasteiger partial charge in [-0.1, -0.05) is 0 Å². The van der Waals surface area contributed by atoms with Gasteiger partial charge in [0.15, 0.2) is 5.96 Å². The highest BCUT2D eigenvalue weighted by atomic mass is 16.2. The number of rotatable bonds is 0. The Morgan fingerprint density at radius 1 is 1.88 bits per heavy atom. The van der Waals surface area contributed by atoms with E-state index in [0.717, 1.165) is 0 Å². The average molecular weight is 117 g/mol. The molecular weight excluding hydrogens is 110 g/mol. The predicted octanol–water partition coefficient (Wildman–Crippen LogP) is -1.02. The smallest absolute Gasteiger partial charge is 0.246 e. The molecule has 1 fully saturated rings. The van der Waals surface area contributed by atoms with Crippen molar-refractivity contribution < 1.29 is 4.79 Å². The topological polar surface area (TPSA) is 56.2 Å². The van der Waals surface area contributed by atoms with Crippen molar-refractivity contribution in [3.8, 4) is 0 Å². The number of amides is 1. The highest BCUT2D eigenvalue weighted by molar-refractivity contribution is 6.02. The molecule has 0 spiro atoms. The third-order valence-corrected chi connectivity index (χ3v) is 1.02. The Morgan fingerprint density at radius 3 is 2.62 bits per heavy atom. The monoisotopic (exact) mass is 117 g/mol. The van der Waals surface area contributed by atoms with Crippen LogP contribution >= 0.6 is 0 Å². The fourth-order valence-corrected chi connectivity index (χ4v) is 0.561. The highest BCUT2D eigenvalue weighted by Gasteiger charge is 2.18. The second-order valence-electron chi connectivity index (χ2n) is 1.75. The number of carbonyl (C=O) groups is 1. The lowest BCUT2D eigenvalue weighted by Gasteiger charge is -2.03. The quantitative estimate of drug-likeness (QED) is 0.399. The van der Waals surface area contributed by atoms with Gasteiger partial charge in [-0.05, 0) is 0 Å². The molecule has 0 atom stereocenters. The molecule has 1 aliphatic rings. The van der Waals surface area contributed by atoms with Crippen molar-refractivity contribution in [1.29, 1.82) is 5.41 Å². The molecule has 1 heterocycles. The Labute approximate surface area is 47.0 Å². The first-order chi connectivity index (χ1) is 3.70. The lowest BCUT2D eigenvalue weighted by molar-refractivity contribution is -0.118. The third kappa shape index (κ3) is 0.641. The van der Waals surface area contributed by atoms with E-state index in [9.17, 15) is 4.79 Å². The number of nitrogens with one attached hydrogen (secondary N) is 2. The summed E-state index contributed by atoms with van der Waals surface area (Å²) >= 11 is 0. The van der Waals surface area contributed by atoms with Crippen LogP contribution in [0.5, 0.6) is 0 Å². The molecule has 0 saturated carbocycles. The predicted molar refractivity (Wildman–Crippen MR) is 28.5 cm³/mol. The Hall–Kier alpha value is -1.06. The van der Waals surface area contributed by atoms with E-state index in [-0.39, 0.29) is 11.9 Å². The van der Waals surface area contributed by atoms with E-state index in [4.69, 9.17) is 5.41 Å². The fraction of sp³-hybridized carbons (Fsp3) is 0.500. The molecule has 0 bridgehead atoms. The highest BCUT2D eigenvalue weighted by Crippen LogP contribution is 1.89. The normalized spacial score (nSPS) is 19.4. The number of likely N-dealkylation sites (N-methyl/N-ethyl adjacent to an activating group) is 1. The minimum absolute atomic E-state index is 0.0995. The van der Waals surface area contributed by atoms with E-state index < -0.39 is 0 Å². The summed E-state index contributed by atoms with van der Waals surface area (Å²) in [7, 11) is 1.69. The van der Waals surface area contributed by atoms with Gasteiger partial charge >= 0.3 is 0 Å². The zero-order chi connectivity index (χ0) is 6.15. The Morgan fingerprint density at radius 2 is 2.50 bits per heavy atom. The van der Waals surface area contributed by atoms with Crippen LogP contribution in [0.3, 0.4) is 0 Å². The number of carbonyl (C=O) groups excluding carboxylic acids is 1. The van der Waals surface area contributed by atoms with Crippen molar-refractivity contribution >= 4 is 11.9 Å². The molecule has 0 aromatic heterocycles. The number of hydrogen-bond acceptors (Lipinski definition) is 2. The van der Waals surface area contributed by atoms with Gasteiger partial charge in [0.25, 0.3) is 0 Å². The van der Waals surface area contributed by atoms with Gasteiger partial charge in [-0.2, -0.15) is 0 Å². The summed E-state index contributed by atoms with van der Waals surface area (Å²) in [5.41, 5.74) is 0. The standard InChI is InChI=1S/C4H7N3O/c1-7-2-3(8)6-4(7)5/h2H2,1H3,(H2,5,6,8)/i1+1,2+1,3+1,4+1. The first kappa shape index (κ1) is 5.08. The van der Waals surface area contributed by atoms with E-state index in [0.29, 0.717) is 6.54 Å². The molecule has 0 aliphatic carbocycles. The van der Waals surface area contributed by atoms with Crippen molar-refractivity contribution in [3.05, 3.63) is 0 Å². The zero-order valence-corrected chi connectivity index (χ0v) is 4.56. The largest absolute Gasteiger partial charge is 0.337 e. The summed E-state index contributed by atoms with van der Waals surface area (Å²) in [6.07, 6.45) is 0. The molecule has 8 heavy (non-hydrogen) atoms. The van der Waals surface area contributed by atoms with Crippen molar-refractivity contribution in [2.75, 3.05) is 13.6 Å². The van der Waals surface area contributed by atoms with Crippen molar-refractivity contribution in [1.82, 2.24) is 10.2 Å². The van der Waals surface area contributed by atoms with Gasteiger partial charge in [0, 0.05) is 7.05 Å². The summed E-state index contributed by atoms with van der Waals surface area (Å²) in [6.45, 7) is 0.318. The molecule has 0 aromatic carbocycles. The molecule has 1 amide bonds. The summed E-state index contributed by atoms with van der Waals surface area (Å²) in [5.74, 6) is 0.0903. The maximum atomic E-state index is 10.4. The van der Waals surface area contributed by atoms with E-state index in [1.807, 2.05) is 0 Å². The van der Waals surface area contributed by atoms with Crippen LogP contribution in [0.2, 0.25) is 0 Å². The maximum absolute atomic E-state index is 10.4. The number of hydrogen-bond donors (Lipinski definition) is 2. The average Bonchev–Trinajstić information content (AvgIpc) is 1.85. The maximum Gasteiger partial charge on any atom is 0.246 e. The molecule has 1 aliphatic heterocycles. The van der Waals surface area contributed by atoms with Gasteiger partial charge in [-0.3, -0.25) is 15.5 Å². The van der Waals surface area contributed by atoms with Crippen LogP contribution in [0.25, 0.3) is 0 Å². The van der Waals surface area contributed by atoms with Crippen LogP contribution in [0.1, 0.15) is 0 Å². The summed E-state index contributed by atoms with van der Waals surface area (Å²) in [4.78, 5) is 11.9.